The number of primary amides is 1. The van der Waals surface area contributed by atoms with Crippen LogP contribution in [0.25, 0.3) is 0 Å². The molecule has 1 aromatic carbocycles. The van der Waals surface area contributed by atoms with Crippen molar-refractivity contribution in [3.63, 3.8) is 0 Å². The number of amides is 1. The second-order valence-corrected chi connectivity index (χ2v) is 12.4. The van der Waals surface area contributed by atoms with E-state index in [4.69, 9.17) is 10.5 Å². The molecule has 0 radical (unpaired) electrons. The lowest BCUT2D eigenvalue weighted by Gasteiger charge is -2.52. The summed E-state index contributed by atoms with van der Waals surface area (Å²) in [5.74, 6) is -13.5. The first-order valence-electron chi connectivity index (χ1n) is 14.5. The van der Waals surface area contributed by atoms with Gasteiger partial charge in [-0.25, -0.2) is 0 Å². The van der Waals surface area contributed by atoms with Gasteiger partial charge in [-0.05, 0) is 70.4 Å². The lowest BCUT2D eigenvalue weighted by atomic mass is 9.52. The summed E-state index contributed by atoms with van der Waals surface area (Å²) in [6.45, 7) is 6.16. The zero-order chi connectivity index (χ0) is 33.0. The number of carbonyl (C=O) groups excluding carboxylic acids is 5. The molecule has 3 aliphatic carbocycles. The molecule has 14 heteroatoms. The van der Waals surface area contributed by atoms with Crippen molar-refractivity contribution in [1.29, 1.82) is 0 Å². The molecule has 0 aliphatic heterocycles. The first kappa shape index (κ1) is 33.7. The average Bonchev–Trinajstić information content (AvgIpc) is 2.88. The van der Waals surface area contributed by atoms with Crippen LogP contribution in [0.15, 0.2) is 6.07 Å². The van der Waals surface area contributed by atoms with E-state index in [1.807, 2.05) is 13.8 Å². The van der Waals surface area contributed by atoms with Crippen molar-refractivity contribution >= 4 is 29.0 Å². The molecular weight excluding hydrogens is 587 g/mol. The van der Waals surface area contributed by atoms with Gasteiger partial charge in [0.15, 0.2) is 34.7 Å². The smallest absolute Gasteiger partial charge is 0.417 e. The number of nitrogens with two attached hydrogens (primary N) is 1. The van der Waals surface area contributed by atoms with Crippen molar-refractivity contribution in [2.45, 2.75) is 64.1 Å². The Hall–Kier alpha value is -3.20. The van der Waals surface area contributed by atoms with Crippen LogP contribution < -0.4 is 5.73 Å². The fourth-order valence-electron chi connectivity index (χ4n) is 7.23. The standard InChI is InChI=1S/C30H38F3N3O8/c1-6-36(7-8-44-13(2)3)12-15-11-18(37)20-16(22(15)30(31,32)33)9-14-10-17-23(35(4)5)25(39)21(28(34)42)27(41)29(17,43)26(40)19(14)24(20)38/h11,13-14,17,19,21,23,37,43H,6-10,12H2,1-5H3,(H2,34,42)/t14-,17-,19?,21?,23-,29-/m0/s1. The third-order valence-electron chi connectivity index (χ3n) is 9.13. The minimum absolute atomic E-state index is 0.0782. The summed E-state index contributed by atoms with van der Waals surface area (Å²) in [6.07, 6.45) is -5.85. The van der Waals surface area contributed by atoms with E-state index in [0.29, 0.717) is 13.1 Å². The number of hydrogen-bond acceptors (Lipinski definition) is 10. The van der Waals surface area contributed by atoms with Gasteiger partial charge < -0.3 is 20.7 Å². The van der Waals surface area contributed by atoms with Crippen LogP contribution in [0.4, 0.5) is 13.2 Å². The molecule has 0 bridgehead atoms. The molecule has 44 heavy (non-hydrogen) atoms. The molecule has 11 nitrogen and oxygen atoms in total. The van der Waals surface area contributed by atoms with E-state index in [-0.39, 0.29) is 31.2 Å². The first-order chi connectivity index (χ1) is 20.4. The van der Waals surface area contributed by atoms with E-state index >= 15 is 0 Å². The predicted octanol–water partition coefficient (Wildman–Crippen LogP) is 1.13. The summed E-state index contributed by atoms with van der Waals surface area (Å²) < 4.78 is 49.8. The van der Waals surface area contributed by atoms with Crippen LogP contribution in [0.5, 0.6) is 5.75 Å². The zero-order valence-electron chi connectivity index (χ0n) is 25.2. The number of halogens is 3. The van der Waals surface area contributed by atoms with Crippen LogP contribution in [0.2, 0.25) is 0 Å². The van der Waals surface area contributed by atoms with Crippen LogP contribution in [-0.2, 0) is 43.1 Å². The highest BCUT2D eigenvalue weighted by Gasteiger charge is 2.69. The number of ketones is 4. The van der Waals surface area contributed by atoms with Gasteiger partial charge >= 0.3 is 6.18 Å². The average molecular weight is 626 g/mol. The molecule has 0 saturated heterocycles. The number of aromatic hydroxyl groups is 1. The minimum Gasteiger partial charge on any atom is -0.507 e. The highest BCUT2D eigenvalue weighted by atomic mass is 19.4. The number of benzene rings is 1. The van der Waals surface area contributed by atoms with Crippen molar-refractivity contribution in [3.8, 4) is 5.75 Å². The fourth-order valence-corrected chi connectivity index (χ4v) is 7.23. The second-order valence-electron chi connectivity index (χ2n) is 12.4. The number of nitrogens with zero attached hydrogens (tertiary/aromatic N) is 2. The van der Waals surface area contributed by atoms with Crippen LogP contribution in [-0.4, -0.2) is 101 Å². The lowest BCUT2D eigenvalue weighted by molar-refractivity contribution is -0.181. The number of phenolic OH excluding ortho intramolecular Hbond substituents is 1. The Bertz CT molecular complexity index is 1390. The molecular formula is C30H38F3N3O8. The normalized spacial score (nSPS) is 28.9. The third kappa shape index (κ3) is 5.46. The monoisotopic (exact) mass is 625 g/mol. The number of rotatable bonds is 9. The maximum atomic E-state index is 14.7. The Morgan fingerprint density at radius 1 is 1.18 bits per heavy atom. The highest BCUT2D eigenvalue weighted by molar-refractivity contribution is 6.32. The molecule has 0 aromatic heterocycles. The van der Waals surface area contributed by atoms with E-state index in [2.05, 4.69) is 0 Å². The van der Waals surface area contributed by atoms with E-state index in [0.717, 1.165) is 6.07 Å². The lowest BCUT2D eigenvalue weighted by Crippen LogP contribution is -2.74. The molecule has 242 valence electrons. The Morgan fingerprint density at radius 2 is 1.82 bits per heavy atom. The van der Waals surface area contributed by atoms with Gasteiger partial charge in [-0.15, -0.1) is 0 Å². The zero-order valence-corrected chi connectivity index (χ0v) is 25.2. The molecule has 4 N–H and O–H groups in total. The third-order valence-corrected chi connectivity index (χ3v) is 9.13. The molecule has 2 unspecified atom stereocenters. The Kier molecular flexibility index (Phi) is 9.15. The highest BCUT2D eigenvalue weighted by Crippen LogP contribution is 2.52. The molecule has 0 spiro atoms. The maximum absolute atomic E-state index is 14.7. The van der Waals surface area contributed by atoms with Gasteiger partial charge in [0, 0.05) is 19.0 Å². The summed E-state index contributed by atoms with van der Waals surface area (Å²) in [7, 11) is 2.85. The van der Waals surface area contributed by atoms with Crippen molar-refractivity contribution in [3.05, 3.63) is 28.3 Å². The van der Waals surface area contributed by atoms with Crippen molar-refractivity contribution < 1.29 is 52.1 Å². The number of aliphatic hydroxyl groups is 1. The van der Waals surface area contributed by atoms with E-state index in [9.17, 15) is 47.4 Å². The first-order valence-corrected chi connectivity index (χ1v) is 14.5. The molecule has 1 aromatic rings. The quantitative estimate of drug-likeness (QED) is 0.339. The maximum Gasteiger partial charge on any atom is 0.417 e. The van der Waals surface area contributed by atoms with Gasteiger partial charge in [-0.1, -0.05) is 6.92 Å². The van der Waals surface area contributed by atoms with Crippen molar-refractivity contribution in [2.75, 3.05) is 33.8 Å². The summed E-state index contributed by atoms with van der Waals surface area (Å²) in [5, 5.41) is 22.6. The Morgan fingerprint density at radius 3 is 2.34 bits per heavy atom. The number of alkyl halides is 3. The van der Waals surface area contributed by atoms with Crippen LogP contribution >= 0.6 is 0 Å². The SMILES string of the molecule is CCN(CCOC(C)C)Cc1cc(O)c2c(c1C(F)(F)F)C[C@H]1C[C@H]3[C@H](N(C)C)C(=O)C(C(N)=O)C(=O)[C@@]3(O)C(=O)C1C2=O. The second kappa shape index (κ2) is 12.0. The van der Waals surface area contributed by atoms with Gasteiger partial charge in [-0.3, -0.25) is 33.8 Å². The summed E-state index contributed by atoms with van der Waals surface area (Å²) in [6, 6.07) is -0.490. The Labute approximate surface area is 252 Å². The molecule has 1 amide bonds. The molecule has 2 fully saturated rings. The predicted molar refractivity (Wildman–Crippen MR) is 148 cm³/mol. The van der Waals surface area contributed by atoms with Gasteiger partial charge in [0.2, 0.25) is 5.91 Å². The number of Topliss-reactive ketones (excluding diaryl/α,β-unsaturated/α-hetero) is 4. The number of carbonyl (C=O) groups is 5. The number of likely N-dealkylation sites (N-methyl/N-ethyl adjacent to an activating group) is 2. The van der Waals surface area contributed by atoms with Gasteiger partial charge in [0.25, 0.3) is 0 Å². The topological polar surface area (TPSA) is 168 Å². The van der Waals surface area contributed by atoms with E-state index in [1.165, 1.54) is 19.0 Å². The summed E-state index contributed by atoms with van der Waals surface area (Å²) in [5.41, 5.74) is -0.190. The number of phenols is 1. The van der Waals surface area contributed by atoms with Gasteiger partial charge in [-0.2, -0.15) is 13.2 Å². The molecule has 3 aliphatic rings. The molecule has 6 atom stereocenters. The summed E-state index contributed by atoms with van der Waals surface area (Å²) >= 11 is 0. The fraction of sp³-hybridized carbons (Fsp3) is 0.633. The number of hydrogen-bond donors (Lipinski definition) is 3. The number of fused-ring (bicyclic) bond motifs is 3. The van der Waals surface area contributed by atoms with Crippen molar-refractivity contribution in [1.82, 2.24) is 9.80 Å². The molecule has 2 saturated carbocycles. The van der Waals surface area contributed by atoms with E-state index < -0.39 is 99.4 Å². The van der Waals surface area contributed by atoms with Gasteiger partial charge in [0.05, 0.1) is 35.8 Å². The molecule has 4 rings (SSSR count). The van der Waals surface area contributed by atoms with Gasteiger partial charge in [0.1, 0.15) is 5.75 Å². The van der Waals surface area contributed by atoms with E-state index in [1.54, 1.807) is 11.8 Å². The molecule has 0 heterocycles. The minimum atomic E-state index is -4.94. The Balaban J connectivity index is 1.83. The number of ether oxygens (including phenoxy) is 1. The summed E-state index contributed by atoms with van der Waals surface area (Å²) in [4.78, 5) is 69.4. The van der Waals surface area contributed by atoms with Crippen LogP contribution in [0.1, 0.15) is 54.2 Å². The van der Waals surface area contributed by atoms with Crippen LogP contribution in [0, 0.1) is 23.7 Å². The van der Waals surface area contributed by atoms with Crippen molar-refractivity contribution in [2.24, 2.45) is 29.4 Å². The van der Waals surface area contributed by atoms with Crippen LogP contribution in [0.3, 0.4) is 0 Å². The largest absolute Gasteiger partial charge is 0.507 e.